The molecule has 0 atom stereocenters. The van der Waals surface area contributed by atoms with E-state index in [1.807, 2.05) is 25.1 Å². The van der Waals surface area contributed by atoms with Crippen LogP contribution in [0.2, 0.25) is 0 Å². The van der Waals surface area contributed by atoms with Gasteiger partial charge in [-0.2, -0.15) is 0 Å². The Labute approximate surface area is 134 Å². The third-order valence-electron chi connectivity index (χ3n) is 2.63. The van der Waals surface area contributed by atoms with Crippen molar-refractivity contribution in [2.45, 2.75) is 6.92 Å². The van der Waals surface area contributed by atoms with Crippen LogP contribution >= 0.6 is 31.9 Å². The smallest absolute Gasteiger partial charge is 0.259 e. The van der Waals surface area contributed by atoms with E-state index in [2.05, 4.69) is 47.5 Å². The van der Waals surface area contributed by atoms with Crippen molar-refractivity contribution >= 4 is 49.1 Å². The van der Waals surface area contributed by atoms with Gasteiger partial charge in [0.25, 0.3) is 5.91 Å². The van der Waals surface area contributed by atoms with Gasteiger partial charge in [-0.1, -0.05) is 6.07 Å². The van der Waals surface area contributed by atoms with Gasteiger partial charge >= 0.3 is 0 Å². The Morgan fingerprint density at radius 3 is 2.60 bits per heavy atom. The van der Waals surface area contributed by atoms with Crippen LogP contribution in [0.5, 0.6) is 0 Å². The molecule has 0 saturated carbocycles. The Morgan fingerprint density at radius 1 is 1.25 bits per heavy atom. The monoisotopic (exact) mass is 397 g/mol. The van der Waals surface area contributed by atoms with E-state index in [-0.39, 0.29) is 5.91 Å². The maximum Gasteiger partial charge on any atom is 0.259 e. The Morgan fingerprint density at radius 2 is 1.95 bits per heavy atom. The number of rotatable bonds is 4. The molecule has 0 unspecified atom stereocenters. The number of nitrogens with zero attached hydrogens (tertiary/aromatic N) is 1. The van der Waals surface area contributed by atoms with Gasteiger partial charge < -0.3 is 10.6 Å². The van der Waals surface area contributed by atoms with Crippen molar-refractivity contribution in [2.75, 3.05) is 17.2 Å². The fourth-order valence-corrected chi connectivity index (χ4v) is 2.91. The van der Waals surface area contributed by atoms with E-state index in [9.17, 15) is 4.79 Å². The van der Waals surface area contributed by atoms with Crippen molar-refractivity contribution in [1.82, 2.24) is 4.98 Å². The van der Waals surface area contributed by atoms with Crippen LogP contribution in [0.4, 0.5) is 11.4 Å². The second-order valence-electron chi connectivity index (χ2n) is 4.00. The number of para-hydroxylation sites is 1. The molecule has 2 rings (SSSR count). The molecule has 0 aliphatic carbocycles. The summed E-state index contributed by atoms with van der Waals surface area (Å²) in [4.78, 5) is 16.4. The molecule has 1 heterocycles. The summed E-state index contributed by atoms with van der Waals surface area (Å²) in [5, 5.41) is 6.03. The van der Waals surface area contributed by atoms with E-state index >= 15 is 0 Å². The summed E-state index contributed by atoms with van der Waals surface area (Å²) in [6.45, 7) is 2.72. The predicted octanol–water partition coefficient (Wildman–Crippen LogP) is 4.29. The maximum atomic E-state index is 12.4. The summed E-state index contributed by atoms with van der Waals surface area (Å²) in [5.74, 6) is -0.207. The van der Waals surface area contributed by atoms with Crippen LogP contribution in [-0.2, 0) is 0 Å². The number of aromatic nitrogens is 1. The molecule has 0 aliphatic rings. The molecular weight excluding hydrogens is 386 g/mol. The number of carbonyl (C=O) groups is 1. The Kier molecular flexibility index (Phi) is 5.14. The minimum absolute atomic E-state index is 0.207. The van der Waals surface area contributed by atoms with Crippen molar-refractivity contribution < 1.29 is 4.79 Å². The van der Waals surface area contributed by atoms with Gasteiger partial charge in [-0.05, 0) is 57.0 Å². The predicted molar refractivity (Wildman–Crippen MR) is 88.2 cm³/mol. The molecule has 6 heteroatoms. The lowest BCUT2D eigenvalue weighted by Gasteiger charge is -2.12. The number of anilines is 2. The molecule has 0 radical (unpaired) electrons. The largest absolute Gasteiger partial charge is 0.385 e. The average Bonchev–Trinajstić information content (AvgIpc) is 2.44. The molecule has 2 aromatic rings. The fraction of sp³-hybridized carbons (Fsp3) is 0.143. The average molecular weight is 399 g/mol. The lowest BCUT2D eigenvalue weighted by molar-refractivity contribution is 0.102. The maximum absolute atomic E-state index is 12.4. The minimum atomic E-state index is -0.207. The SMILES string of the molecule is CCNc1ccncc1C(=O)Nc1c(Br)cccc1Br. The van der Waals surface area contributed by atoms with E-state index < -0.39 is 0 Å². The standard InChI is InChI=1S/C14H13Br2N3O/c1-2-18-12-6-7-17-8-9(12)14(20)19-13-10(15)4-3-5-11(13)16/h3-8H,2H2,1H3,(H,17,18)(H,19,20). The summed E-state index contributed by atoms with van der Waals surface area (Å²) in [6.07, 6.45) is 3.21. The first-order valence-corrected chi connectivity index (χ1v) is 7.65. The minimum Gasteiger partial charge on any atom is -0.385 e. The van der Waals surface area contributed by atoms with E-state index in [4.69, 9.17) is 0 Å². The number of benzene rings is 1. The zero-order chi connectivity index (χ0) is 14.5. The van der Waals surface area contributed by atoms with E-state index in [0.29, 0.717) is 11.3 Å². The molecule has 0 aliphatic heterocycles. The van der Waals surface area contributed by atoms with Gasteiger partial charge in [0.1, 0.15) is 0 Å². The molecule has 4 nitrogen and oxygen atoms in total. The lowest BCUT2D eigenvalue weighted by Crippen LogP contribution is -2.15. The van der Waals surface area contributed by atoms with Crippen molar-refractivity contribution in [2.24, 2.45) is 0 Å². The lowest BCUT2D eigenvalue weighted by atomic mass is 10.2. The molecule has 1 aromatic carbocycles. The summed E-state index contributed by atoms with van der Waals surface area (Å²) in [7, 11) is 0. The van der Waals surface area contributed by atoms with Gasteiger partial charge in [0, 0.05) is 27.9 Å². The summed E-state index contributed by atoms with van der Waals surface area (Å²) < 4.78 is 1.63. The van der Waals surface area contributed by atoms with Crippen LogP contribution in [0.15, 0.2) is 45.6 Å². The second kappa shape index (κ2) is 6.85. The van der Waals surface area contributed by atoms with Gasteiger partial charge in [-0.25, -0.2) is 0 Å². The molecular formula is C14H13Br2N3O. The number of hydrogen-bond donors (Lipinski definition) is 2. The number of hydrogen-bond acceptors (Lipinski definition) is 3. The van der Waals surface area contributed by atoms with Crippen LogP contribution in [0.3, 0.4) is 0 Å². The Hall–Kier alpha value is -1.40. The highest BCUT2D eigenvalue weighted by atomic mass is 79.9. The second-order valence-corrected chi connectivity index (χ2v) is 5.71. The zero-order valence-corrected chi connectivity index (χ0v) is 14.0. The molecule has 0 spiro atoms. The number of nitrogens with one attached hydrogen (secondary N) is 2. The first kappa shape index (κ1) is 15.0. The molecule has 0 bridgehead atoms. The van der Waals surface area contributed by atoms with Crippen LogP contribution in [-0.4, -0.2) is 17.4 Å². The molecule has 1 amide bonds. The quantitative estimate of drug-likeness (QED) is 0.807. The molecule has 0 fully saturated rings. The Balaban J connectivity index is 2.29. The fourth-order valence-electron chi connectivity index (χ4n) is 1.72. The number of amides is 1. The highest BCUT2D eigenvalue weighted by Gasteiger charge is 2.14. The summed E-state index contributed by atoms with van der Waals surface area (Å²) >= 11 is 6.84. The van der Waals surface area contributed by atoms with Crippen LogP contribution in [0.1, 0.15) is 17.3 Å². The van der Waals surface area contributed by atoms with Gasteiger partial charge in [0.2, 0.25) is 0 Å². The van der Waals surface area contributed by atoms with Crippen molar-refractivity contribution in [3.8, 4) is 0 Å². The summed E-state index contributed by atoms with van der Waals surface area (Å²) in [5.41, 5.74) is 1.98. The Bertz CT molecular complexity index is 611. The first-order chi connectivity index (χ1) is 9.63. The highest BCUT2D eigenvalue weighted by molar-refractivity contribution is 9.11. The van der Waals surface area contributed by atoms with Crippen LogP contribution in [0.25, 0.3) is 0 Å². The van der Waals surface area contributed by atoms with Crippen molar-refractivity contribution in [3.05, 3.63) is 51.2 Å². The van der Waals surface area contributed by atoms with Crippen molar-refractivity contribution in [3.63, 3.8) is 0 Å². The molecule has 2 N–H and O–H groups in total. The highest BCUT2D eigenvalue weighted by Crippen LogP contribution is 2.31. The number of pyridine rings is 1. The third kappa shape index (κ3) is 3.37. The molecule has 20 heavy (non-hydrogen) atoms. The molecule has 104 valence electrons. The van der Waals surface area contributed by atoms with Crippen LogP contribution < -0.4 is 10.6 Å². The molecule has 1 aromatic heterocycles. The van der Waals surface area contributed by atoms with Gasteiger partial charge in [0.15, 0.2) is 0 Å². The van der Waals surface area contributed by atoms with Gasteiger partial charge in [-0.15, -0.1) is 0 Å². The van der Waals surface area contributed by atoms with E-state index in [1.165, 1.54) is 0 Å². The first-order valence-electron chi connectivity index (χ1n) is 6.06. The zero-order valence-electron chi connectivity index (χ0n) is 10.8. The normalized spacial score (nSPS) is 10.2. The van der Waals surface area contributed by atoms with E-state index in [1.54, 1.807) is 18.5 Å². The third-order valence-corrected chi connectivity index (χ3v) is 3.96. The number of carbonyl (C=O) groups excluding carboxylic acids is 1. The van der Waals surface area contributed by atoms with Gasteiger partial charge in [-0.3, -0.25) is 9.78 Å². The topological polar surface area (TPSA) is 54.0 Å². The van der Waals surface area contributed by atoms with Crippen LogP contribution in [0, 0.1) is 0 Å². The molecule has 0 saturated heterocycles. The van der Waals surface area contributed by atoms with E-state index in [0.717, 1.165) is 21.2 Å². The number of halogens is 2. The van der Waals surface area contributed by atoms with Crippen molar-refractivity contribution in [1.29, 1.82) is 0 Å². The summed E-state index contributed by atoms with van der Waals surface area (Å²) in [6, 6.07) is 7.41. The van der Waals surface area contributed by atoms with Gasteiger partial charge in [0.05, 0.1) is 16.9 Å².